The van der Waals surface area contributed by atoms with E-state index in [4.69, 9.17) is 16.9 Å². The molecule has 8 heteroatoms. The van der Waals surface area contributed by atoms with E-state index < -0.39 is 10.8 Å². The Morgan fingerprint density at radius 2 is 2.00 bits per heavy atom. The van der Waals surface area contributed by atoms with Crippen LogP contribution in [0.25, 0.3) is 6.08 Å². The molecule has 1 heterocycles. The van der Waals surface area contributed by atoms with Crippen LogP contribution in [0.1, 0.15) is 4.88 Å². The van der Waals surface area contributed by atoms with E-state index in [9.17, 15) is 14.9 Å². The maximum absolute atomic E-state index is 12.0. The van der Waals surface area contributed by atoms with Crippen molar-refractivity contribution in [2.75, 3.05) is 5.32 Å². The number of nitrogens with one attached hydrogen (secondary N) is 1. The van der Waals surface area contributed by atoms with E-state index in [2.05, 4.69) is 5.32 Å². The number of nitro groups is 1. The standard InChI is InChI=1S/C14H8ClN3O3S/c15-13-6-5-12(22-13)7-9(8-16)14(19)17-10-1-3-11(4-2-10)18(20)21/h1-7H,(H,17,19)/b9-7+. The number of thiophene rings is 1. The van der Waals surface area contributed by atoms with Crippen molar-refractivity contribution >= 4 is 46.3 Å². The predicted molar refractivity (Wildman–Crippen MR) is 84.6 cm³/mol. The van der Waals surface area contributed by atoms with Crippen molar-refractivity contribution in [1.82, 2.24) is 0 Å². The lowest BCUT2D eigenvalue weighted by Gasteiger charge is -2.03. The molecular weight excluding hydrogens is 326 g/mol. The number of hydrogen-bond acceptors (Lipinski definition) is 5. The van der Waals surface area contributed by atoms with Gasteiger partial charge < -0.3 is 5.32 Å². The lowest BCUT2D eigenvalue weighted by Crippen LogP contribution is -2.13. The van der Waals surface area contributed by atoms with Crippen LogP contribution in [-0.4, -0.2) is 10.8 Å². The Bertz CT molecular complexity index is 790. The minimum Gasteiger partial charge on any atom is -0.321 e. The molecule has 2 rings (SSSR count). The molecule has 2 aromatic rings. The van der Waals surface area contributed by atoms with E-state index in [1.807, 2.05) is 6.07 Å². The Morgan fingerprint density at radius 3 is 2.50 bits per heavy atom. The summed E-state index contributed by atoms with van der Waals surface area (Å²) < 4.78 is 0.555. The molecule has 0 aliphatic carbocycles. The van der Waals surface area contributed by atoms with Gasteiger partial charge in [-0.05, 0) is 30.3 Å². The van der Waals surface area contributed by atoms with Crippen molar-refractivity contribution in [3.8, 4) is 6.07 Å². The topological polar surface area (TPSA) is 96.0 Å². The average Bonchev–Trinajstić information content (AvgIpc) is 2.90. The van der Waals surface area contributed by atoms with Gasteiger partial charge in [0.15, 0.2) is 0 Å². The van der Waals surface area contributed by atoms with Gasteiger partial charge in [0.05, 0.1) is 9.26 Å². The zero-order chi connectivity index (χ0) is 16.1. The number of anilines is 1. The van der Waals surface area contributed by atoms with Crippen LogP contribution >= 0.6 is 22.9 Å². The van der Waals surface area contributed by atoms with Gasteiger partial charge >= 0.3 is 0 Å². The molecule has 0 saturated carbocycles. The van der Waals surface area contributed by atoms with Gasteiger partial charge in [-0.25, -0.2) is 0 Å². The molecule has 1 aromatic carbocycles. The number of nitrogens with zero attached hydrogens (tertiary/aromatic N) is 2. The Hall–Kier alpha value is -2.69. The second-order valence-electron chi connectivity index (χ2n) is 4.07. The molecule has 0 atom stereocenters. The number of hydrogen-bond donors (Lipinski definition) is 1. The van der Waals surface area contributed by atoms with Crippen LogP contribution in [-0.2, 0) is 4.79 Å². The predicted octanol–water partition coefficient (Wildman–Crippen LogP) is 3.86. The number of rotatable bonds is 4. The molecule has 0 bridgehead atoms. The van der Waals surface area contributed by atoms with E-state index in [-0.39, 0.29) is 11.3 Å². The van der Waals surface area contributed by atoms with Gasteiger partial charge in [0.1, 0.15) is 11.6 Å². The van der Waals surface area contributed by atoms with E-state index in [0.29, 0.717) is 14.9 Å². The van der Waals surface area contributed by atoms with Crippen LogP contribution in [0.4, 0.5) is 11.4 Å². The minimum atomic E-state index is -0.596. The third-order valence-corrected chi connectivity index (χ3v) is 3.76. The molecule has 1 N–H and O–H groups in total. The number of carbonyl (C=O) groups is 1. The largest absolute Gasteiger partial charge is 0.321 e. The number of halogens is 1. The van der Waals surface area contributed by atoms with Crippen molar-refractivity contribution in [3.63, 3.8) is 0 Å². The van der Waals surface area contributed by atoms with Crippen molar-refractivity contribution in [1.29, 1.82) is 5.26 Å². The Labute approximate surface area is 134 Å². The van der Waals surface area contributed by atoms with Crippen LogP contribution in [0.2, 0.25) is 4.34 Å². The highest BCUT2D eigenvalue weighted by Gasteiger charge is 2.11. The van der Waals surface area contributed by atoms with Crippen molar-refractivity contribution in [3.05, 3.63) is 61.3 Å². The summed E-state index contributed by atoms with van der Waals surface area (Å²) in [6.45, 7) is 0. The fraction of sp³-hybridized carbons (Fsp3) is 0. The summed E-state index contributed by atoms with van der Waals surface area (Å²) in [5, 5.41) is 22.1. The van der Waals surface area contributed by atoms with E-state index in [1.54, 1.807) is 12.1 Å². The maximum atomic E-state index is 12.0. The quantitative estimate of drug-likeness (QED) is 0.397. The molecule has 6 nitrogen and oxygen atoms in total. The van der Waals surface area contributed by atoms with Crippen molar-refractivity contribution < 1.29 is 9.72 Å². The summed E-state index contributed by atoms with van der Waals surface area (Å²) in [5.74, 6) is -0.596. The number of non-ortho nitro benzene ring substituents is 1. The molecular formula is C14H8ClN3O3S. The summed E-state index contributed by atoms with van der Waals surface area (Å²) in [7, 11) is 0. The van der Waals surface area contributed by atoms with Gasteiger partial charge in [-0.3, -0.25) is 14.9 Å². The lowest BCUT2D eigenvalue weighted by atomic mass is 10.2. The second-order valence-corrected chi connectivity index (χ2v) is 5.82. The molecule has 110 valence electrons. The lowest BCUT2D eigenvalue weighted by molar-refractivity contribution is -0.384. The first-order valence-electron chi connectivity index (χ1n) is 5.92. The third kappa shape index (κ3) is 3.91. The summed E-state index contributed by atoms with van der Waals surface area (Å²) >= 11 is 7.03. The molecule has 0 aliphatic rings. The SMILES string of the molecule is N#C/C(=C\c1ccc(Cl)s1)C(=O)Nc1ccc([N+](=O)[O-])cc1. The highest BCUT2D eigenvalue weighted by atomic mass is 35.5. The first-order valence-corrected chi connectivity index (χ1v) is 7.12. The van der Waals surface area contributed by atoms with Crippen LogP contribution in [0, 0.1) is 21.4 Å². The molecule has 0 spiro atoms. The van der Waals surface area contributed by atoms with Crippen LogP contribution in [0.5, 0.6) is 0 Å². The third-order valence-electron chi connectivity index (χ3n) is 2.58. The summed E-state index contributed by atoms with van der Waals surface area (Å²) in [6.07, 6.45) is 1.43. The summed E-state index contributed by atoms with van der Waals surface area (Å²) in [6, 6.07) is 10.5. The van der Waals surface area contributed by atoms with Crippen LogP contribution < -0.4 is 5.32 Å². The van der Waals surface area contributed by atoms with Gasteiger partial charge in [0.25, 0.3) is 11.6 Å². The fourth-order valence-corrected chi connectivity index (χ4v) is 2.57. The molecule has 22 heavy (non-hydrogen) atoms. The second kappa shape index (κ2) is 6.85. The van der Waals surface area contributed by atoms with Crippen LogP contribution in [0.3, 0.4) is 0 Å². The van der Waals surface area contributed by atoms with Gasteiger partial charge in [0.2, 0.25) is 0 Å². The molecule has 0 unspecified atom stereocenters. The number of benzene rings is 1. The van der Waals surface area contributed by atoms with Gasteiger partial charge in [-0.1, -0.05) is 11.6 Å². The van der Waals surface area contributed by atoms with Crippen molar-refractivity contribution in [2.45, 2.75) is 0 Å². The number of amides is 1. The molecule has 0 fully saturated rings. The Kier molecular flexibility index (Phi) is 4.88. The smallest absolute Gasteiger partial charge is 0.269 e. The Morgan fingerprint density at radius 1 is 1.32 bits per heavy atom. The molecule has 0 radical (unpaired) electrons. The molecule has 1 aromatic heterocycles. The Balaban J connectivity index is 2.14. The van der Waals surface area contributed by atoms with Crippen molar-refractivity contribution in [2.24, 2.45) is 0 Å². The highest BCUT2D eigenvalue weighted by Crippen LogP contribution is 2.24. The normalized spacial score (nSPS) is 10.8. The van der Waals surface area contributed by atoms with E-state index in [1.165, 1.54) is 41.7 Å². The van der Waals surface area contributed by atoms with Gasteiger partial charge in [0, 0.05) is 22.7 Å². The average molecular weight is 334 g/mol. The first kappa shape index (κ1) is 15.7. The number of nitro benzene ring substituents is 1. The number of carbonyl (C=O) groups excluding carboxylic acids is 1. The first-order chi connectivity index (χ1) is 10.5. The highest BCUT2D eigenvalue weighted by molar-refractivity contribution is 7.17. The monoisotopic (exact) mass is 333 g/mol. The van der Waals surface area contributed by atoms with Crippen LogP contribution in [0.15, 0.2) is 42.0 Å². The zero-order valence-corrected chi connectivity index (χ0v) is 12.5. The molecule has 0 saturated heterocycles. The fourth-order valence-electron chi connectivity index (χ4n) is 1.56. The molecule has 1 amide bonds. The summed E-state index contributed by atoms with van der Waals surface area (Å²) in [5.41, 5.74) is 0.195. The zero-order valence-electron chi connectivity index (χ0n) is 10.9. The minimum absolute atomic E-state index is 0.0812. The van der Waals surface area contributed by atoms with E-state index in [0.717, 1.165) is 0 Å². The summed E-state index contributed by atoms with van der Waals surface area (Å²) in [4.78, 5) is 22.7. The van der Waals surface area contributed by atoms with Gasteiger partial charge in [-0.15, -0.1) is 11.3 Å². The molecule has 0 aliphatic heterocycles. The number of nitriles is 1. The maximum Gasteiger partial charge on any atom is 0.269 e. The van der Waals surface area contributed by atoms with Gasteiger partial charge in [-0.2, -0.15) is 5.26 Å². The van der Waals surface area contributed by atoms with E-state index >= 15 is 0 Å².